The first-order valence-corrected chi connectivity index (χ1v) is 14.5. The van der Waals surface area contributed by atoms with E-state index in [9.17, 15) is 0 Å². The summed E-state index contributed by atoms with van der Waals surface area (Å²) in [5.41, 5.74) is 21.7. The van der Waals surface area contributed by atoms with Crippen LogP contribution in [0.4, 0.5) is 0 Å². The van der Waals surface area contributed by atoms with Crippen LogP contribution in [0.1, 0.15) is 74.3 Å². The molecule has 0 unspecified atom stereocenters. The molecule has 0 spiro atoms. The Morgan fingerprint density at radius 1 is 0.235 bits per heavy atom. The predicted octanol–water partition coefficient (Wildman–Crippen LogP) is 4.10. The molecule has 15 nitrogen and oxygen atoms in total. The molecule has 0 amide bonds. The van der Waals surface area contributed by atoms with Crippen molar-refractivity contribution in [3.05, 3.63) is 0 Å². The molecule has 0 aliphatic heterocycles. The van der Waals surface area contributed by atoms with E-state index in [0.29, 0.717) is 158 Å². The van der Waals surface area contributed by atoms with Gasteiger partial charge in [-0.25, -0.2) is 0 Å². The maximum Gasteiger partial charge on any atom is 0.104 e. The third-order valence-electron chi connectivity index (χ3n) is 4.91. The Kier molecular flexibility index (Phi) is 110. The van der Waals surface area contributed by atoms with Crippen molar-refractivity contribution in [2.24, 2.45) is 22.9 Å². The molecule has 0 radical (unpaired) electrons. The van der Waals surface area contributed by atoms with Gasteiger partial charge in [0.1, 0.15) is 12.2 Å². The highest BCUT2D eigenvalue weighted by molar-refractivity contribution is 4.58. The van der Waals surface area contributed by atoms with E-state index in [1.165, 1.54) is 0 Å². The van der Waals surface area contributed by atoms with Crippen LogP contribution in [0.2, 0.25) is 0 Å². The van der Waals surface area contributed by atoms with Gasteiger partial charge in [0.05, 0.1) is 132 Å². The second-order valence-corrected chi connectivity index (χ2v) is 8.50. The van der Waals surface area contributed by atoms with Crippen LogP contribution in [-0.2, 0) is 52.1 Å². The van der Waals surface area contributed by atoms with E-state index in [1.807, 2.05) is 0 Å². The lowest BCUT2D eigenvalue weighted by molar-refractivity contribution is -0.0960. The summed E-state index contributed by atoms with van der Waals surface area (Å²) in [5, 5.41) is 0. The molecule has 0 saturated carbocycles. The Hall–Kier alpha value is -0.600. The Bertz CT molecular complexity index is 424. The normalized spacial score (nSPS) is 9.53. The fraction of sp³-hybridized carbons (Fsp3) is 1.00. The second-order valence-electron chi connectivity index (χ2n) is 8.50. The molecular weight excluding hydrogens is 664 g/mol. The summed E-state index contributed by atoms with van der Waals surface area (Å²) < 4.78 is 61.3. The first-order valence-electron chi connectivity index (χ1n) is 14.5. The lowest BCUT2D eigenvalue weighted by Crippen LogP contribution is -2.30. The van der Waals surface area contributed by atoms with Crippen LogP contribution in [0.15, 0.2) is 0 Å². The van der Waals surface area contributed by atoms with Crippen molar-refractivity contribution < 1.29 is 52.1 Å². The van der Waals surface area contributed by atoms with E-state index in [4.69, 9.17) is 75.0 Å². The largest absolute Gasteiger partial charge is 0.378 e. The molecule has 51 heavy (non-hydrogen) atoms. The van der Waals surface area contributed by atoms with Crippen LogP contribution in [0.3, 0.4) is 0 Å². The minimum absolute atomic E-state index is 0. The number of rotatable bonds is 36. The summed E-state index contributed by atoms with van der Waals surface area (Å²) in [6.07, 6.45) is -0.500. The number of ether oxygens (including phenoxy) is 11. The minimum atomic E-state index is -0.250. The fourth-order valence-electron chi connectivity index (χ4n) is 3.01. The quantitative estimate of drug-likeness (QED) is 0.0664. The SMILES string of the molecule is C.C.C.C.C.C.C.C.C.C.NCCOCCOCC(COCCOCCN)OCCOCCOC(COCCOCCN)COCCOCCN. The van der Waals surface area contributed by atoms with Crippen molar-refractivity contribution in [2.45, 2.75) is 86.5 Å². The fourth-order valence-corrected chi connectivity index (χ4v) is 3.01. The minimum Gasteiger partial charge on any atom is -0.378 e. The molecule has 0 rings (SSSR count). The van der Waals surface area contributed by atoms with E-state index in [1.54, 1.807) is 0 Å². The van der Waals surface area contributed by atoms with Crippen LogP contribution < -0.4 is 22.9 Å². The van der Waals surface area contributed by atoms with Gasteiger partial charge in [-0.3, -0.25) is 0 Å². The zero-order valence-corrected chi connectivity index (χ0v) is 24.9. The molecule has 328 valence electrons. The second kappa shape index (κ2) is 70.9. The van der Waals surface area contributed by atoms with Crippen molar-refractivity contribution in [1.82, 2.24) is 0 Å². The first-order chi connectivity index (χ1) is 20.3. The van der Waals surface area contributed by atoms with Crippen molar-refractivity contribution >= 4 is 0 Å². The zero-order chi connectivity index (χ0) is 29.9. The molecule has 0 atom stereocenters. The average molecular weight is 763 g/mol. The van der Waals surface area contributed by atoms with E-state index in [0.717, 1.165) is 0 Å². The summed E-state index contributed by atoms with van der Waals surface area (Å²) in [7, 11) is 0. The van der Waals surface area contributed by atoms with Gasteiger partial charge in [-0.05, 0) is 0 Å². The van der Waals surface area contributed by atoms with E-state index >= 15 is 0 Å². The molecule has 15 heteroatoms. The summed E-state index contributed by atoms with van der Waals surface area (Å²) >= 11 is 0. The van der Waals surface area contributed by atoms with Gasteiger partial charge in [-0.15, -0.1) is 0 Å². The van der Waals surface area contributed by atoms with Crippen molar-refractivity contribution in [1.29, 1.82) is 0 Å². The van der Waals surface area contributed by atoms with Gasteiger partial charge in [0.2, 0.25) is 0 Å². The number of nitrogens with two attached hydrogens (primary N) is 4. The molecule has 0 aromatic heterocycles. The average Bonchev–Trinajstić information content (AvgIpc) is 2.98. The Morgan fingerprint density at radius 2 is 0.412 bits per heavy atom. The molecule has 0 aliphatic carbocycles. The molecule has 0 heterocycles. The maximum absolute atomic E-state index is 5.90. The molecule has 0 saturated heterocycles. The summed E-state index contributed by atoms with van der Waals surface area (Å²) in [5.74, 6) is 0. The highest BCUT2D eigenvalue weighted by atomic mass is 16.6. The molecular formula is C36H98N4O11. The number of hydrogen-bond donors (Lipinski definition) is 4. The molecule has 0 bridgehead atoms. The van der Waals surface area contributed by atoms with Gasteiger partial charge in [-0.2, -0.15) is 0 Å². The van der Waals surface area contributed by atoms with Gasteiger partial charge >= 0.3 is 0 Å². The van der Waals surface area contributed by atoms with Gasteiger partial charge in [0, 0.05) is 26.2 Å². The van der Waals surface area contributed by atoms with Gasteiger partial charge in [0.25, 0.3) is 0 Å². The van der Waals surface area contributed by atoms with Crippen molar-refractivity contribution in [3.63, 3.8) is 0 Å². The lowest BCUT2D eigenvalue weighted by Gasteiger charge is -2.19. The third-order valence-corrected chi connectivity index (χ3v) is 4.91. The summed E-state index contributed by atoms with van der Waals surface area (Å²) in [4.78, 5) is 0. The standard InChI is InChI=1S/C26H58N4O11.10CH4/c27-1-5-31-9-13-36-21-25(22-37-14-10-32-6-2-28)40-19-17-35-18-20-41-26(23-38-15-11-33-7-3-29)24-39-16-12-34-8-4-30;;;;;;;;;;/h25-26H,1-24,27-30H2;10*1H4. The van der Waals surface area contributed by atoms with Crippen LogP contribution in [-0.4, -0.2) is 171 Å². The molecule has 8 N–H and O–H groups in total. The monoisotopic (exact) mass is 763 g/mol. The smallest absolute Gasteiger partial charge is 0.104 e. The predicted molar refractivity (Wildman–Crippen MR) is 220 cm³/mol. The molecule has 0 fully saturated rings. The molecule has 0 aromatic carbocycles. The van der Waals surface area contributed by atoms with Crippen LogP contribution in [0.5, 0.6) is 0 Å². The molecule has 0 aromatic rings. The van der Waals surface area contributed by atoms with Gasteiger partial charge < -0.3 is 75.0 Å². The zero-order valence-electron chi connectivity index (χ0n) is 24.9. The lowest BCUT2D eigenvalue weighted by atomic mass is 10.4. The third kappa shape index (κ3) is 64.8. The summed E-state index contributed by atoms with van der Waals surface area (Å²) in [6.45, 7) is 10.7. The van der Waals surface area contributed by atoms with Crippen molar-refractivity contribution in [3.8, 4) is 0 Å². The van der Waals surface area contributed by atoms with Gasteiger partial charge in [0.15, 0.2) is 0 Å². The Labute approximate surface area is 319 Å². The Morgan fingerprint density at radius 3 is 0.627 bits per heavy atom. The topological polar surface area (TPSA) is 206 Å². The highest BCUT2D eigenvalue weighted by Gasteiger charge is 2.12. The van der Waals surface area contributed by atoms with Crippen LogP contribution in [0, 0.1) is 0 Å². The first kappa shape index (κ1) is 79.2. The van der Waals surface area contributed by atoms with E-state index < -0.39 is 0 Å². The summed E-state index contributed by atoms with van der Waals surface area (Å²) in [6, 6.07) is 0. The van der Waals surface area contributed by atoms with Gasteiger partial charge in [-0.1, -0.05) is 74.3 Å². The molecule has 0 aliphatic rings. The Balaban J connectivity index is -0.000000178. The van der Waals surface area contributed by atoms with Crippen molar-refractivity contribution in [2.75, 3.05) is 158 Å². The van der Waals surface area contributed by atoms with Crippen LogP contribution >= 0.6 is 0 Å². The maximum atomic E-state index is 5.90. The highest BCUT2D eigenvalue weighted by Crippen LogP contribution is 1.99. The van der Waals surface area contributed by atoms with Crippen LogP contribution in [0.25, 0.3) is 0 Å². The number of hydrogen-bond acceptors (Lipinski definition) is 15. The van der Waals surface area contributed by atoms with E-state index in [2.05, 4.69) is 0 Å². The van der Waals surface area contributed by atoms with E-state index in [-0.39, 0.29) is 86.5 Å².